The summed E-state index contributed by atoms with van der Waals surface area (Å²) in [7, 11) is 0. The van der Waals surface area contributed by atoms with Gasteiger partial charge in [-0.15, -0.1) is 0 Å². The van der Waals surface area contributed by atoms with Crippen molar-refractivity contribution in [1.29, 1.82) is 0 Å². The number of amidine groups is 2. The molecule has 0 saturated heterocycles. The van der Waals surface area contributed by atoms with Gasteiger partial charge in [0.2, 0.25) is 0 Å². The number of rotatable bonds is 2. The van der Waals surface area contributed by atoms with Crippen LogP contribution in [-0.4, -0.2) is 11.7 Å². The van der Waals surface area contributed by atoms with Gasteiger partial charge in [-0.05, 0) is 61.4 Å². The number of benzene rings is 2. The molecular formula is C16H16Cl2N4. The third-order valence-electron chi connectivity index (χ3n) is 3.06. The maximum absolute atomic E-state index is 5.92. The Morgan fingerprint density at radius 1 is 0.773 bits per heavy atom. The first-order chi connectivity index (χ1) is 10.4. The Kier molecular flexibility index (Phi) is 5.06. The van der Waals surface area contributed by atoms with Gasteiger partial charge in [0, 0.05) is 10.0 Å². The fourth-order valence-corrected chi connectivity index (χ4v) is 2.32. The zero-order valence-corrected chi connectivity index (χ0v) is 13.8. The van der Waals surface area contributed by atoms with Gasteiger partial charge in [0.25, 0.3) is 0 Å². The van der Waals surface area contributed by atoms with E-state index in [0.29, 0.717) is 21.4 Å². The van der Waals surface area contributed by atoms with Crippen LogP contribution in [0.2, 0.25) is 10.0 Å². The van der Waals surface area contributed by atoms with Gasteiger partial charge in [0.15, 0.2) is 11.7 Å². The number of nitrogens with zero attached hydrogens (tertiary/aromatic N) is 2. The molecule has 22 heavy (non-hydrogen) atoms. The molecule has 4 N–H and O–H groups in total. The summed E-state index contributed by atoms with van der Waals surface area (Å²) in [6.07, 6.45) is 0. The molecule has 0 bridgehead atoms. The second-order valence-corrected chi connectivity index (χ2v) is 5.73. The van der Waals surface area contributed by atoms with E-state index in [1.165, 1.54) is 0 Å². The topological polar surface area (TPSA) is 76.8 Å². The van der Waals surface area contributed by atoms with Crippen molar-refractivity contribution in [2.75, 3.05) is 0 Å². The van der Waals surface area contributed by atoms with E-state index in [9.17, 15) is 0 Å². The lowest BCUT2D eigenvalue weighted by molar-refractivity contribution is 1.37. The molecule has 0 aromatic heterocycles. The highest BCUT2D eigenvalue weighted by Crippen LogP contribution is 2.23. The van der Waals surface area contributed by atoms with Gasteiger partial charge < -0.3 is 11.5 Å². The summed E-state index contributed by atoms with van der Waals surface area (Å²) in [4.78, 5) is 8.59. The molecule has 4 nitrogen and oxygen atoms in total. The Bertz CT molecular complexity index is 701. The van der Waals surface area contributed by atoms with E-state index in [2.05, 4.69) is 9.98 Å². The van der Waals surface area contributed by atoms with E-state index in [1.807, 2.05) is 26.0 Å². The van der Waals surface area contributed by atoms with Crippen molar-refractivity contribution in [3.63, 3.8) is 0 Å². The van der Waals surface area contributed by atoms with Gasteiger partial charge in [0.05, 0.1) is 11.4 Å². The summed E-state index contributed by atoms with van der Waals surface area (Å²) in [5.74, 6) is 0.305. The molecule has 0 atom stereocenters. The molecule has 2 aromatic carbocycles. The summed E-state index contributed by atoms with van der Waals surface area (Å²) < 4.78 is 0. The van der Waals surface area contributed by atoms with Crippen LogP contribution in [0.1, 0.15) is 11.1 Å². The molecule has 6 heteroatoms. The average Bonchev–Trinajstić information content (AvgIpc) is 2.44. The van der Waals surface area contributed by atoms with Gasteiger partial charge in [-0.2, -0.15) is 0 Å². The quantitative estimate of drug-likeness (QED) is 0.634. The lowest BCUT2D eigenvalue weighted by atomic mass is 10.2. The van der Waals surface area contributed by atoms with Crippen molar-refractivity contribution in [1.82, 2.24) is 0 Å². The normalized spacial score (nSPS) is 12.5. The Hall–Kier alpha value is -2.04. The van der Waals surface area contributed by atoms with Gasteiger partial charge in [-0.25, -0.2) is 9.98 Å². The van der Waals surface area contributed by atoms with E-state index in [1.54, 1.807) is 24.3 Å². The van der Waals surface area contributed by atoms with E-state index in [-0.39, 0.29) is 11.7 Å². The Labute approximate surface area is 139 Å². The van der Waals surface area contributed by atoms with E-state index in [0.717, 1.165) is 11.1 Å². The lowest BCUT2D eigenvalue weighted by Crippen LogP contribution is -2.30. The summed E-state index contributed by atoms with van der Waals surface area (Å²) in [5.41, 5.74) is 15.1. The van der Waals surface area contributed by atoms with Gasteiger partial charge >= 0.3 is 0 Å². The molecule has 0 spiro atoms. The van der Waals surface area contributed by atoms with Crippen LogP contribution < -0.4 is 11.5 Å². The molecule has 0 aliphatic carbocycles. The van der Waals surface area contributed by atoms with E-state index < -0.39 is 0 Å². The zero-order valence-electron chi connectivity index (χ0n) is 12.3. The average molecular weight is 335 g/mol. The minimum Gasteiger partial charge on any atom is -0.381 e. The Balaban J connectivity index is 2.33. The van der Waals surface area contributed by atoms with Crippen LogP contribution >= 0.6 is 23.2 Å². The molecule has 2 rings (SSSR count). The third-order valence-corrected chi connectivity index (χ3v) is 3.53. The van der Waals surface area contributed by atoms with Crippen LogP contribution in [0, 0.1) is 13.8 Å². The van der Waals surface area contributed by atoms with Crippen LogP contribution in [-0.2, 0) is 0 Å². The highest BCUT2D eigenvalue weighted by atomic mass is 35.5. The monoisotopic (exact) mass is 334 g/mol. The molecule has 114 valence electrons. The van der Waals surface area contributed by atoms with Crippen molar-refractivity contribution in [2.45, 2.75) is 13.8 Å². The molecule has 0 radical (unpaired) electrons. The number of aliphatic imine (C=N–C) groups is 2. The Morgan fingerprint density at radius 2 is 1.14 bits per heavy atom. The van der Waals surface area contributed by atoms with Gasteiger partial charge in [-0.1, -0.05) is 23.2 Å². The second kappa shape index (κ2) is 6.81. The number of aryl methyl sites for hydroxylation is 2. The minimum absolute atomic E-state index is 0.153. The summed E-state index contributed by atoms with van der Waals surface area (Å²) in [5, 5.41) is 1.29. The largest absolute Gasteiger partial charge is 0.381 e. The molecule has 0 aliphatic heterocycles. The van der Waals surface area contributed by atoms with Crippen molar-refractivity contribution in [2.24, 2.45) is 21.5 Å². The summed E-state index contributed by atoms with van der Waals surface area (Å²) in [6, 6.07) is 10.7. The Morgan fingerprint density at radius 3 is 1.45 bits per heavy atom. The first kappa shape index (κ1) is 16.3. The minimum atomic E-state index is 0.153. The van der Waals surface area contributed by atoms with Gasteiger partial charge in [0.1, 0.15) is 0 Å². The molecule has 0 amide bonds. The van der Waals surface area contributed by atoms with Crippen molar-refractivity contribution >= 4 is 46.2 Å². The lowest BCUT2D eigenvalue weighted by Gasteiger charge is -2.05. The smallest absolute Gasteiger partial charge is 0.166 e. The van der Waals surface area contributed by atoms with Crippen LogP contribution in [0.4, 0.5) is 11.4 Å². The number of halogens is 2. The van der Waals surface area contributed by atoms with Crippen LogP contribution in [0.3, 0.4) is 0 Å². The molecule has 0 saturated carbocycles. The maximum atomic E-state index is 5.92. The number of hydrogen-bond acceptors (Lipinski definition) is 2. The molecule has 0 aliphatic rings. The molecule has 0 heterocycles. The third kappa shape index (κ3) is 4.00. The second-order valence-electron chi connectivity index (χ2n) is 4.86. The van der Waals surface area contributed by atoms with Crippen LogP contribution in [0.15, 0.2) is 46.4 Å². The van der Waals surface area contributed by atoms with E-state index >= 15 is 0 Å². The first-order valence-corrected chi connectivity index (χ1v) is 7.33. The zero-order chi connectivity index (χ0) is 16.3. The maximum Gasteiger partial charge on any atom is 0.166 e. The van der Waals surface area contributed by atoms with Gasteiger partial charge in [-0.3, -0.25) is 0 Å². The molecule has 0 unspecified atom stereocenters. The van der Waals surface area contributed by atoms with Crippen molar-refractivity contribution in [3.8, 4) is 0 Å². The molecule has 2 aromatic rings. The highest BCUT2D eigenvalue weighted by molar-refractivity contribution is 6.40. The fourth-order valence-electron chi connectivity index (χ4n) is 1.86. The number of nitrogens with two attached hydrogens (primary N) is 2. The summed E-state index contributed by atoms with van der Waals surface area (Å²) >= 11 is 11.8. The van der Waals surface area contributed by atoms with Crippen molar-refractivity contribution in [3.05, 3.63) is 57.6 Å². The molecular weight excluding hydrogens is 319 g/mol. The van der Waals surface area contributed by atoms with Crippen molar-refractivity contribution < 1.29 is 0 Å². The first-order valence-electron chi connectivity index (χ1n) is 6.58. The highest BCUT2D eigenvalue weighted by Gasteiger charge is 2.05. The van der Waals surface area contributed by atoms with Crippen LogP contribution in [0.5, 0.6) is 0 Å². The summed E-state index contributed by atoms with van der Waals surface area (Å²) in [6.45, 7) is 3.79. The number of hydrogen-bond donors (Lipinski definition) is 2. The SMILES string of the molecule is Cc1cc(Cl)ccc1N=C(N)C(N)=Nc1ccc(Cl)cc1C. The fraction of sp³-hybridized carbons (Fsp3) is 0.125. The predicted molar refractivity (Wildman–Crippen MR) is 94.9 cm³/mol. The standard InChI is InChI=1S/C16H16Cl2N4/c1-9-7-11(17)3-5-13(9)21-15(19)16(20)22-14-6-4-12(18)8-10(14)2/h3-8H,1-2H3,(H2,19,21)(H2,20,22). The van der Waals surface area contributed by atoms with Crippen LogP contribution in [0.25, 0.3) is 0 Å². The molecule has 0 fully saturated rings. The van der Waals surface area contributed by atoms with E-state index in [4.69, 9.17) is 34.7 Å². The predicted octanol–water partition coefficient (Wildman–Crippen LogP) is 4.29.